The fraction of sp³-hybridized carbons (Fsp3) is 0.222. The third-order valence-electron chi connectivity index (χ3n) is 6.42. The largest absolute Gasteiger partial charge is 0.339 e. The minimum Gasteiger partial charge on any atom is -0.339 e. The van der Waals surface area contributed by atoms with Gasteiger partial charge in [0.1, 0.15) is 12.5 Å². The van der Waals surface area contributed by atoms with Crippen LogP contribution < -0.4 is 5.32 Å². The number of carbonyl (C=O) groups excluding carboxylic acids is 2. The van der Waals surface area contributed by atoms with E-state index in [-0.39, 0.29) is 23.9 Å². The summed E-state index contributed by atoms with van der Waals surface area (Å²) in [5, 5.41) is 3.89. The second-order valence-corrected chi connectivity index (χ2v) is 8.49. The molecule has 2 aliphatic rings. The van der Waals surface area contributed by atoms with E-state index < -0.39 is 0 Å². The standard InChI is InChI=1S/C27H25N5O2/c1-2-25(33)32-14-12-20(16-32)22-11-10-21(23-15-28-17-30-26(22)23)18-6-8-19(9-7-18)27(34)31-24-5-3-4-13-29-24/h2-4,6-11,13,15,17,20,24H,1,5,12,14,16H2,(H,31,34). The normalized spacial score (nSPS) is 19.4. The number of benzene rings is 2. The average Bonchev–Trinajstić information content (AvgIpc) is 3.38. The van der Waals surface area contributed by atoms with Crippen LogP contribution in [0.15, 0.2) is 78.7 Å². The van der Waals surface area contributed by atoms with Gasteiger partial charge in [0.25, 0.3) is 5.91 Å². The van der Waals surface area contributed by atoms with Crippen LogP contribution in [0.2, 0.25) is 0 Å². The van der Waals surface area contributed by atoms with Crippen LogP contribution in [-0.2, 0) is 4.79 Å². The molecule has 5 rings (SSSR count). The number of nitrogens with zero attached hydrogens (tertiary/aromatic N) is 4. The maximum absolute atomic E-state index is 12.6. The summed E-state index contributed by atoms with van der Waals surface area (Å²) in [6.45, 7) is 4.98. The number of dihydropyridines is 1. The highest BCUT2D eigenvalue weighted by Gasteiger charge is 2.28. The van der Waals surface area contributed by atoms with Crippen molar-refractivity contribution in [2.45, 2.75) is 24.9 Å². The number of carbonyl (C=O) groups is 2. The van der Waals surface area contributed by atoms with E-state index in [9.17, 15) is 9.59 Å². The summed E-state index contributed by atoms with van der Waals surface area (Å²) in [7, 11) is 0. The lowest BCUT2D eigenvalue weighted by Crippen LogP contribution is -2.33. The van der Waals surface area contributed by atoms with E-state index in [1.54, 1.807) is 12.5 Å². The molecular weight excluding hydrogens is 426 g/mol. The van der Waals surface area contributed by atoms with Gasteiger partial charge in [-0.1, -0.05) is 36.9 Å². The minimum absolute atomic E-state index is 0.0334. The molecule has 1 saturated heterocycles. The first kappa shape index (κ1) is 21.7. The van der Waals surface area contributed by atoms with Gasteiger partial charge >= 0.3 is 0 Å². The molecule has 2 unspecified atom stereocenters. The minimum atomic E-state index is -0.223. The van der Waals surface area contributed by atoms with Crippen molar-refractivity contribution in [2.75, 3.05) is 13.1 Å². The molecule has 2 aliphatic heterocycles. The second kappa shape index (κ2) is 9.39. The van der Waals surface area contributed by atoms with E-state index in [0.717, 1.165) is 40.6 Å². The van der Waals surface area contributed by atoms with Crippen LogP contribution in [0.3, 0.4) is 0 Å². The number of aromatic nitrogens is 2. The van der Waals surface area contributed by atoms with Crippen molar-refractivity contribution in [1.82, 2.24) is 20.2 Å². The smallest absolute Gasteiger partial charge is 0.252 e. The number of allylic oxidation sites excluding steroid dienone is 1. The predicted octanol–water partition coefficient (Wildman–Crippen LogP) is 3.89. The molecule has 3 aromatic rings. The Morgan fingerprint density at radius 3 is 2.76 bits per heavy atom. The van der Waals surface area contributed by atoms with Crippen molar-refractivity contribution < 1.29 is 9.59 Å². The van der Waals surface area contributed by atoms with E-state index in [1.165, 1.54) is 6.08 Å². The molecule has 1 fully saturated rings. The number of rotatable bonds is 5. The van der Waals surface area contributed by atoms with Gasteiger partial charge in [-0.25, -0.2) is 9.97 Å². The number of aliphatic imine (C=N–C) groups is 1. The van der Waals surface area contributed by atoms with Gasteiger partial charge in [0.15, 0.2) is 0 Å². The highest BCUT2D eigenvalue weighted by Crippen LogP contribution is 2.36. The average molecular weight is 452 g/mol. The van der Waals surface area contributed by atoms with Crippen LogP contribution >= 0.6 is 0 Å². The van der Waals surface area contributed by atoms with Gasteiger partial charge in [0.2, 0.25) is 5.91 Å². The molecule has 2 atom stereocenters. The van der Waals surface area contributed by atoms with Crippen molar-refractivity contribution in [3.8, 4) is 11.1 Å². The Bertz CT molecular complexity index is 1310. The monoisotopic (exact) mass is 451 g/mol. The zero-order valence-corrected chi connectivity index (χ0v) is 18.7. The fourth-order valence-corrected chi connectivity index (χ4v) is 4.64. The van der Waals surface area contributed by atoms with Gasteiger partial charge in [-0.15, -0.1) is 0 Å². The Morgan fingerprint density at radius 1 is 1.15 bits per heavy atom. The first-order chi connectivity index (χ1) is 16.6. The highest BCUT2D eigenvalue weighted by molar-refractivity contribution is 5.98. The Balaban J connectivity index is 1.40. The molecule has 1 aromatic heterocycles. The number of hydrogen-bond acceptors (Lipinski definition) is 5. The van der Waals surface area contributed by atoms with Crippen molar-refractivity contribution in [1.29, 1.82) is 0 Å². The van der Waals surface area contributed by atoms with Crippen molar-refractivity contribution in [2.24, 2.45) is 4.99 Å². The zero-order valence-electron chi connectivity index (χ0n) is 18.7. The van der Waals surface area contributed by atoms with Crippen LogP contribution in [0, 0.1) is 0 Å². The number of likely N-dealkylation sites (tertiary alicyclic amines) is 1. The first-order valence-corrected chi connectivity index (χ1v) is 11.4. The van der Waals surface area contributed by atoms with Gasteiger partial charge in [-0.3, -0.25) is 14.6 Å². The summed E-state index contributed by atoms with van der Waals surface area (Å²) < 4.78 is 0. The predicted molar refractivity (Wildman–Crippen MR) is 133 cm³/mol. The first-order valence-electron chi connectivity index (χ1n) is 11.4. The maximum atomic E-state index is 12.6. The lowest BCUT2D eigenvalue weighted by molar-refractivity contribution is -0.125. The second-order valence-electron chi connectivity index (χ2n) is 8.49. The fourth-order valence-electron chi connectivity index (χ4n) is 4.64. The van der Waals surface area contributed by atoms with Crippen molar-refractivity contribution in [3.63, 3.8) is 0 Å². The quantitative estimate of drug-likeness (QED) is 0.597. The van der Waals surface area contributed by atoms with E-state index in [0.29, 0.717) is 18.5 Å². The van der Waals surface area contributed by atoms with Crippen LogP contribution in [-0.4, -0.2) is 52.2 Å². The molecule has 0 aliphatic carbocycles. The molecule has 0 radical (unpaired) electrons. The van der Waals surface area contributed by atoms with Gasteiger partial charge in [-0.05, 0) is 47.4 Å². The topological polar surface area (TPSA) is 87.5 Å². The van der Waals surface area contributed by atoms with E-state index >= 15 is 0 Å². The highest BCUT2D eigenvalue weighted by atomic mass is 16.2. The van der Waals surface area contributed by atoms with Crippen LogP contribution in [0.1, 0.15) is 34.7 Å². The summed E-state index contributed by atoms with van der Waals surface area (Å²) in [4.78, 5) is 39.6. The Labute approximate surface area is 197 Å². The van der Waals surface area contributed by atoms with E-state index in [1.807, 2.05) is 47.5 Å². The Hall–Kier alpha value is -4.13. The van der Waals surface area contributed by atoms with Gasteiger partial charge in [0, 0.05) is 48.8 Å². The molecule has 170 valence electrons. The number of nitrogens with one attached hydrogen (secondary N) is 1. The lowest BCUT2D eigenvalue weighted by atomic mass is 9.91. The van der Waals surface area contributed by atoms with Crippen molar-refractivity contribution >= 4 is 28.9 Å². The summed E-state index contributed by atoms with van der Waals surface area (Å²) in [6, 6.07) is 11.7. The molecule has 34 heavy (non-hydrogen) atoms. The van der Waals surface area contributed by atoms with Crippen molar-refractivity contribution in [3.05, 3.63) is 84.9 Å². The Morgan fingerprint density at radius 2 is 2.00 bits per heavy atom. The third-order valence-corrected chi connectivity index (χ3v) is 6.42. The molecule has 0 saturated carbocycles. The summed E-state index contributed by atoms with van der Waals surface area (Å²) in [5.74, 6) is 0.0417. The van der Waals surface area contributed by atoms with Gasteiger partial charge in [-0.2, -0.15) is 0 Å². The van der Waals surface area contributed by atoms with Gasteiger partial charge < -0.3 is 10.2 Å². The molecular formula is C27H25N5O2. The molecule has 3 heterocycles. The molecule has 0 spiro atoms. The number of amides is 2. The van der Waals surface area contributed by atoms with Gasteiger partial charge in [0.05, 0.1) is 5.52 Å². The summed E-state index contributed by atoms with van der Waals surface area (Å²) in [6.07, 6.45) is 11.7. The lowest BCUT2D eigenvalue weighted by Gasteiger charge is -2.17. The van der Waals surface area contributed by atoms with Crippen LogP contribution in [0.25, 0.3) is 22.0 Å². The maximum Gasteiger partial charge on any atom is 0.252 e. The number of hydrogen-bond donors (Lipinski definition) is 1. The zero-order chi connectivity index (χ0) is 23.5. The summed E-state index contributed by atoms with van der Waals surface area (Å²) >= 11 is 0. The molecule has 7 heteroatoms. The molecule has 2 aromatic carbocycles. The van der Waals surface area contributed by atoms with E-state index in [2.05, 4.69) is 39.0 Å². The molecule has 2 amide bonds. The van der Waals surface area contributed by atoms with Crippen LogP contribution in [0.5, 0.6) is 0 Å². The third kappa shape index (κ3) is 4.24. The Kier molecular flexibility index (Phi) is 5.99. The molecule has 1 N–H and O–H groups in total. The summed E-state index contributed by atoms with van der Waals surface area (Å²) in [5.41, 5.74) is 4.60. The SMILES string of the molecule is C=CC(=O)N1CCC(c2ccc(-c3ccc(C(=O)NC4CC=CC=N4)cc3)c3cncnc23)C1. The van der Waals surface area contributed by atoms with Crippen LogP contribution in [0.4, 0.5) is 0 Å². The molecule has 0 bridgehead atoms. The van der Waals surface area contributed by atoms with E-state index in [4.69, 9.17) is 0 Å². The molecule has 7 nitrogen and oxygen atoms in total. The number of fused-ring (bicyclic) bond motifs is 1.